The summed E-state index contributed by atoms with van der Waals surface area (Å²) in [4.78, 5) is 15.3. The summed E-state index contributed by atoms with van der Waals surface area (Å²) >= 11 is 0. The summed E-state index contributed by atoms with van der Waals surface area (Å²) in [6, 6.07) is 12.7. The Labute approximate surface area is 137 Å². The van der Waals surface area contributed by atoms with E-state index in [2.05, 4.69) is 36.2 Å². The van der Waals surface area contributed by atoms with E-state index in [1.807, 2.05) is 30.3 Å². The Hall–Kier alpha value is -2.49. The smallest absolute Gasteiger partial charge is 0.336 e. The Morgan fingerprint density at radius 1 is 1.13 bits per heavy atom. The molecule has 4 nitrogen and oxygen atoms in total. The molecule has 1 aliphatic heterocycles. The first-order valence-corrected chi connectivity index (χ1v) is 7.95. The number of unbranched alkanes of at least 4 members (excludes halogenated alkanes) is 1. The summed E-state index contributed by atoms with van der Waals surface area (Å²) < 4.78 is 0. The highest BCUT2D eigenvalue weighted by molar-refractivity contribution is 6.03. The summed E-state index contributed by atoms with van der Waals surface area (Å²) in [6.45, 7) is 4.50. The topological polar surface area (TPSA) is 43.8 Å². The number of carboxylic acids is 1. The van der Waals surface area contributed by atoms with Gasteiger partial charge in [-0.3, -0.25) is 0 Å². The van der Waals surface area contributed by atoms with Crippen LogP contribution in [0.3, 0.4) is 0 Å². The van der Waals surface area contributed by atoms with E-state index in [-0.39, 0.29) is 0 Å². The molecule has 4 heteroatoms. The second kappa shape index (κ2) is 8.22. The maximum atomic E-state index is 10.8. The number of hydrogen-bond donors (Lipinski definition) is 1. The van der Waals surface area contributed by atoms with Crippen LogP contribution >= 0.6 is 0 Å². The summed E-state index contributed by atoms with van der Waals surface area (Å²) in [5.74, 6) is -0.878. The molecule has 0 fully saturated rings. The zero-order valence-corrected chi connectivity index (χ0v) is 13.8. The number of aromatic carboxylic acids is 1. The molecule has 0 saturated carbocycles. The maximum Gasteiger partial charge on any atom is 0.336 e. The highest BCUT2D eigenvalue weighted by atomic mass is 16.4. The van der Waals surface area contributed by atoms with Crippen LogP contribution in [0, 0.1) is 0 Å². The molecule has 1 aliphatic rings. The predicted octanol–water partition coefficient (Wildman–Crippen LogP) is 4.00. The van der Waals surface area contributed by atoms with Crippen molar-refractivity contribution in [3.05, 3.63) is 60.4 Å². The van der Waals surface area contributed by atoms with Gasteiger partial charge in [-0.25, -0.2) is 4.79 Å². The predicted molar refractivity (Wildman–Crippen MR) is 94.3 cm³/mol. The molecular formula is C19H24N2O2. The Bertz CT molecular complexity index is 677. The lowest BCUT2D eigenvalue weighted by molar-refractivity contribution is 0.0699. The number of carboxylic acid groups (broad SMARTS) is 1. The van der Waals surface area contributed by atoms with E-state index < -0.39 is 5.97 Å². The molecular weight excluding hydrogens is 288 g/mol. The number of hydrogen-bond acceptors (Lipinski definition) is 3. The van der Waals surface area contributed by atoms with Crippen LogP contribution in [0.5, 0.6) is 0 Å². The zero-order valence-electron chi connectivity index (χ0n) is 13.8. The molecule has 0 amide bonds. The summed E-state index contributed by atoms with van der Waals surface area (Å²) in [6.07, 6.45) is 6.87. The SMILES string of the molecule is CCCCN1C=CN(C)C1.O=C(O)c1cccc2ccccc12. The van der Waals surface area contributed by atoms with Crippen LogP contribution in [0.2, 0.25) is 0 Å². The lowest BCUT2D eigenvalue weighted by Crippen LogP contribution is -2.23. The van der Waals surface area contributed by atoms with E-state index in [0.717, 1.165) is 17.4 Å². The van der Waals surface area contributed by atoms with E-state index >= 15 is 0 Å². The third-order valence-corrected chi connectivity index (χ3v) is 3.76. The molecule has 0 spiro atoms. The number of fused-ring (bicyclic) bond motifs is 1. The van der Waals surface area contributed by atoms with Gasteiger partial charge in [0.15, 0.2) is 0 Å². The van der Waals surface area contributed by atoms with E-state index in [4.69, 9.17) is 5.11 Å². The summed E-state index contributed by atoms with van der Waals surface area (Å²) in [5.41, 5.74) is 0.359. The van der Waals surface area contributed by atoms with Crippen LogP contribution in [0.15, 0.2) is 54.9 Å². The number of benzene rings is 2. The van der Waals surface area contributed by atoms with Crippen molar-refractivity contribution in [3.8, 4) is 0 Å². The fourth-order valence-corrected chi connectivity index (χ4v) is 2.51. The Morgan fingerprint density at radius 3 is 2.52 bits per heavy atom. The number of rotatable bonds is 4. The fraction of sp³-hybridized carbons (Fsp3) is 0.316. The second-order valence-electron chi connectivity index (χ2n) is 5.69. The average molecular weight is 312 g/mol. The van der Waals surface area contributed by atoms with Gasteiger partial charge in [-0.05, 0) is 23.3 Å². The first kappa shape index (κ1) is 16.9. The van der Waals surface area contributed by atoms with Crippen LogP contribution in [-0.4, -0.2) is 41.1 Å². The highest BCUT2D eigenvalue weighted by Gasteiger charge is 2.06. The highest BCUT2D eigenvalue weighted by Crippen LogP contribution is 2.17. The molecule has 0 radical (unpaired) electrons. The van der Waals surface area contributed by atoms with Crippen molar-refractivity contribution in [1.82, 2.24) is 9.80 Å². The van der Waals surface area contributed by atoms with Crippen molar-refractivity contribution in [2.75, 3.05) is 20.3 Å². The van der Waals surface area contributed by atoms with Gasteiger partial charge in [0.1, 0.15) is 0 Å². The number of nitrogens with zero attached hydrogens (tertiary/aromatic N) is 2. The van der Waals surface area contributed by atoms with Crippen molar-refractivity contribution in [2.24, 2.45) is 0 Å². The lowest BCUT2D eigenvalue weighted by atomic mass is 10.1. The molecule has 0 aliphatic carbocycles. The monoisotopic (exact) mass is 312 g/mol. The first-order valence-electron chi connectivity index (χ1n) is 7.95. The van der Waals surface area contributed by atoms with Gasteiger partial charge in [0, 0.05) is 26.0 Å². The maximum absolute atomic E-state index is 10.8. The molecule has 0 unspecified atom stereocenters. The molecule has 122 valence electrons. The Balaban J connectivity index is 0.000000174. The van der Waals surface area contributed by atoms with E-state index in [0.29, 0.717) is 5.56 Å². The van der Waals surface area contributed by atoms with E-state index in [9.17, 15) is 4.79 Å². The minimum absolute atomic E-state index is 0.359. The second-order valence-corrected chi connectivity index (χ2v) is 5.69. The Kier molecular flexibility index (Phi) is 6.03. The normalized spacial score (nSPS) is 13.1. The molecule has 0 saturated heterocycles. The third kappa shape index (κ3) is 4.74. The molecule has 0 bridgehead atoms. The fourth-order valence-electron chi connectivity index (χ4n) is 2.51. The van der Waals surface area contributed by atoms with Crippen molar-refractivity contribution in [3.63, 3.8) is 0 Å². The van der Waals surface area contributed by atoms with Crippen LogP contribution in [-0.2, 0) is 0 Å². The molecule has 1 heterocycles. The van der Waals surface area contributed by atoms with Gasteiger partial charge >= 0.3 is 5.97 Å². The van der Waals surface area contributed by atoms with Gasteiger partial charge in [-0.15, -0.1) is 0 Å². The van der Waals surface area contributed by atoms with Crippen molar-refractivity contribution in [2.45, 2.75) is 19.8 Å². The lowest BCUT2D eigenvalue weighted by Gasteiger charge is -2.17. The zero-order chi connectivity index (χ0) is 16.7. The van der Waals surface area contributed by atoms with Gasteiger partial charge in [-0.2, -0.15) is 0 Å². The number of carbonyl (C=O) groups is 1. The first-order chi connectivity index (χ1) is 11.1. The van der Waals surface area contributed by atoms with Crippen molar-refractivity contribution >= 4 is 16.7 Å². The van der Waals surface area contributed by atoms with Crippen molar-refractivity contribution < 1.29 is 9.90 Å². The standard InChI is InChI=1S/C11H8O2.C8H16N2/c12-11(13)10-7-3-5-8-4-1-2-6-9(8)10;1-3-4-5-10-7-6-9(2)8-10/h1-7H,(H,12,13);6-7H,3-5,8H2,1-2H3. The molecule has 2 aromatic carbocycles. The van der Waals surface area contributed by atoms with Gasteiger partial charge in [0.2, 0.25) is 0 Å². The molecule has 0 atom stereocenters. The van der Waals surface area contributed by atoms with Gasteiger partial charge in [0.25, 0.3) is 0 Å². The molecule has 1 N–H and O–H groups in total. The quantitative estimate of drug-likeness (QED) is 0.926. The van der Waals surface area contributed by atoms with Gasteiger partial charge < -0.3 is 14.9 Å². The van der Waals surface area contributed by atoms with E-state index in [1.165, 1.54) is 19.4 Å². The molecule has 23 heavy (non-hydrogen) atoms. The van der Waals surface area contributed by atoms with Crippen LogP contribution in [0.1, 0.15) is 30.1 Å². The molecule has 3 rings (SSSR count). The van der Waals surface area contributed by atoms with Crippen LogP contribution in [0.4, 0.5) is 0 Å². The summed E-state index contributed by atoms with van der Waals surface area (Å²) in [5, 5.41) is 10.6. The van der Waals surface area contributed by atoms with Gasteiger partial charge in [0.05, 0.1) is 12.2 Å². The summed E-state index contributed by atoms with van der Waals surface area (Å²) in [7, 11) is 2.10. The Morgan fingerprint density at radius 2 is 1.87 bits per heavy atom. The van der Waals surface area contributed by atoms with Crippen molar-refractivity contribution in [1.29, 1.82) is 0 Å². The van der Waals surface area contributed by atoms with Crippen LogP contribution in [0.25, 0.3) is 10.8 Å². The third-order valence-electron chi connectivity index (χ3n) is 3.76. The molecule has 2 aromatic rings. The van der Waals surface area contributed by atoms with E-state index in [1.54, 1.807) is 12.1 Å². The largest absolute Gasteiger partial charge is 0.478 e. The average Bonchev–Trinajstić information content (AvgIpc) is 2.98. The minimum atomic E-state index is -0.878. The van der Waals surface area contributed by atoms with Crippen LogP contribution < -0.4 is 0 Å². The minimum Gasteiger partial charge on any atom is -0.478 e. The van der Waals surface area contributed by atoms with Gasteiger partial charge in [-0.1, -0.05) is 49.7 Å². The molecule has 0 aromatic heterocycles.